The largest absolute Gasteiger partial charge is 0.550 e. The molecule has 3 saturated carbocycles. The van der Waals surface area contributed by atoms with Gasteiger partial charge in [-0.05, 0) is 61.8 Å². The predicted molar refractivity (Wildman–Crippen MR) is 92.6 cm³/mol. The molecule has 4 fully saturated rings. The Morgan fingerprint density at radius 3 is 1.96 bits per heavy atom. The monoisotopic (exact) mass is 359 g/mol. The molecule has 26 heavy (non-hydrogen) atoms. The summed E-state index contributed by atoms with van der Waals surface area (Å²) in [5, 5.41) is 11.7. The number of carboxylic acid groups (broad SMARTS) is 1. The van der Waals surface area contributed by atoms with Crippen molar-refractivity contribution in [2.45, 2.75) is 25.7 Å². The third-order valence-corrected chi connectivity index (χ3v) is 6.56. The van der Waals surface area contributed by atoms with E-state index in [9.17, 15) is 19.1 Å². The molecule has 6 heteroatoms. The van der Waals surface area contributed by atoms with Crippen LogP contribution in [0, 0.1) is 29.5 Å². The Bertz CT molecular complexity index is 677. The number of aliphatic carboxylic acids is 1. The number of benzene rings is 1. The quantitative estimate of drug-likeness (QED) is 0.816. The standard InChI is InChI=1S/C20H25FN2O3/c21-15-5-7-16(8-6-15)22-9-11-23(12-10-22)19(24)17-13-1-3-14(4-2-13)18(17)20(25)26/h5-8,13-14,17-18H,1-4,9-12H2,(H,25,26)/p-1/t13?,14?,17-,18-/m0/s1. The third kappa shape index (κ3) is 3.06. The molecule has 2 atom stereocenters. The van der Waals surface area contributed by atoms with Gasteiger partial charge in [0.15, 0.2) is 0 Å². The number of anilines is 1. The number of piperazine rings is 1. The van der Waals surface area contributed by atoms with Crippen molar-refractivity contribution in [1.82, 2.24) is 4.90 Å². The van der Waals surface area contributed by atoms with E-state index in [1.807, 2.05) is 4.90 Å². The molecule has 4 aliphatic rings. The maximum Gasteiger partial charge on any atom is 0.226 e. The summed E-state index contributed by atoms with van der Waals surface area (Å²) in [5.41, 5.74) is 0.947. The zero-order valence-electron chi connectivity index (χ0n) is 14.8. The number of carboxylic acids is 1. The van der Waals surface area contributed by atoms with Gasteiger partial charge in [-0.3, -0.25) is 4.79 Å². The lowest BCUT2D eigenvalue weighted by Crippen LogP contribution is -2.57. The molecular formula is C20H24FN2O3-. The van der Waals surface area contributed by atoms with Crippen LogP contribution >= 0.6 is 0 Å². The molecule has 0 spiro atoms. The molecule has 1 aliphatic heterocycles. The molecule has 3 aliphatic carbocycles. The van der Waals surface area contributed by atoms with Crippen molar-refractivity contribution in [1.29, 1.82) is 0 Å². The summed E-state index contributed by atoms with van der Waals surface area (Å²) in [5.74, 6) is -2.07. The van der Waals surface area contributed by atoms with Crippen molar-refractivity contribution in [3.05, 3.63) is 30.1 Å². The van der Waals surface area contributed by atoms with Gasteiger partial charge in [0.05, 0.1) is 0 Å². The van der Waals surface area contributed by atoms with Crippen LogP contribution in [0.5, 0.6) is 0 Å². The molecular weight excluding hydrogens is 335 g/mol. The van der Waals surface area contributed by atoms with Crippen LogP contribution in [0.4, 0.5) is 10.1 Å². The lowest BCUT2D eigenvalue weighted by atomic mass is 9.58. The second-order valence-electron chi connectivity index (χ2n) is 7.83. The Balaban J connectivity index is 1.43. The van der Waals surface area contributed by atoms with Gasteiger partial charge in [0.25, 0.3) is 0 Å². The molecule has 1 amide bonds. The summed E-state index contributed by atoms with van der Waals surface area (Å²) in [6, 6.07) is 6.38. The molecule has 0 radical (unpaired) electrons. The highest BCUT2D eigenvalue weighted by atomic mass is 19.1. The average Bonchev–Trinajstić information content (AvgIpc) is 2.68. The lowest BCUT2D eigenvalue weighted by molar-refractivity contribution is -0.318. The number of hydrogen-bond acceptors (Lipinski definition) is 4. The van der Waals surface area contributed by atoms with Crippen LogP contribution in [-0.4, -0.2) is 43.0 Å². The minimum Gasteiger partial charge on any atom is -0.550 e. The summed E-state index contributed by atoms with van der Waals surface area (Å²) in [4.78, 5) is 28.8. The molecule has 2 bridgehead atoms. The van der Waals surface area contributed by atoms with E-state index in [4.69, 9.17) is 0 Å². The van der Waals surface area contributed by atoms with Crippen LogP contribution in [-0.2, 0) is 9.59 Å². The fourth-order valence-electron chi connectivity index (χ4n) is 5.19. The van der Waals surface area contributed by atoms with E-state index in [2.05, 4.69) is 4.90 Å². The molecule has 1 saturated heterocycles. The summed E-state index contributed by atoms with van der Waals surface area (Å²) in [6.45, 7) is 2.50. The van der Waals surface area contributed by atoms with Crippen LogP contribution in [0.1, 0.15) is 25.7 Å². The van der Waals surface area contributed by atoms with Gasteiger partial charge in [-0.2, -0.15) is 0 Å². The number of halogens is 1. The highest BCUT2D eigenvalue weighted by molar-refractivity contribution is 5.85. The van der Waals surface area contributed by atoms with Crippen molar-refractivity contribution in [3.8, 4) is 0 Å². The van der Waals surface area contributed by atoms with E-state index < -0.39 is 17.8 Å². The first-order valence-corrected chi connectivity index (χ1v) is 9.55. The SMILES string of the molecule is O=C([O-])[C@H]1C2CCC(CC2)[C@@H]1C(=O)N1CCN(c2ccc(F)cc2)CC1. The van der Waals surface area contributed by atoms with Gasteiger partial charge in [-0.1, -0.05) is 0 Å². The van der Waals surface area contributed by atoms with Crippen LogP contribution in [0.15, 0.2) is 24.3 Å². The van der Waals surface area contributed by atoms with E-state index in [0.717, 1.165) is 31.4 Å². The molecule has 1 heterocycles. The van der Waals surface area contributed by atoms with Gasteiger partial charge in [-0.25, -0.2) is 4.39 Å². The summed E-state index contributed by atoms with van der Waals surface area (Å²) in [7, 11) is 0. The van der Waals surface area contributed by atoms with Crippen LogP contribution < -0.4 is 10.0 Å². The van der Waals surface area contributed by atoms with Crippen molar-refractivity contribution in [2.24, 2.45) is 23.7 Å². The highest BCUT2D eigenvalue weighted by Crippen LogP contribution is 2.49. The van der Waals surface area contributed by atoms with Crippen molar-refractivity contribution in [2.75, 3.05) is 31.1 Å². The Kier molecular flexibility index (Phi) is 4.59. The first-order chi connectivity index (χ1) is 12.5. The van der Waals surface area contributed by atoms with Gasteiger partial charge < -0.3 is 19.7 Å². The molecule has 5 nitrogen and oxygen atoms in total. The lowest BCUT2D eigenvalue weighted by Gasteiger charge is -2.50. The topological polar surface area (TPSA) is 63.7 Å². The second-order valence-corrected chi connectivity index (χ2v) is 7.83. The minimum absolute atomic E-state index is 0.00708. The van der Waals surface area contributed by atoms with E-state index in [-0.39, 0.29) is 23.6 Å². The number of carbonyl (C=O) groups excluding carboxylic acids is 2. The number of carbonyl (C=O) groups is 2. The Labute approximate surface area is 152 Å². The molecule has 5 rings (SSSR count). The highest BCUT2D eigenvalue weighted by Gasteiger charge is 2.48. The van der Waals surface area contributed by atoms with Crippen molar-refractivity contribution >= 4 is 17.6 Å². The van der Waals surface area contributed by atoms with Gasteiger partial charge in [0.1, 0.15) is 5.82 Å². The second kappa shape index (κ2) is 6.89. The van der Waals surface area contributed by atoms with Gasteiger partial charge in [0.2, 0.25) is 5.91 Å². The first kappa shape index (κ1) is 17.3. The van der Waals surface area contributed by atoms with Gasteiger partial charge >= 0.3 is 0 Å². The fourth-order valence-corrected chi connectivity index (χ4v) is 5.19. The Morgan fingerprint density at radius 2 is 1.42 bits per heavy atom. The van der Waals surface area contributed by atoms with E-state index in [0.29, 0.717) is 26.2 Å². The number of fused-ring (bicyclic) bond motifs is 3. The van der Waals surface area contributed by atoms with E-state index in [1.54, 1.807) is 12.1 Å². The molecule has 0 unspecified atom stereocenters. The average molecular weight is 359 g/mol. The third-order valence-electron chi connectivity index (χ3n) is 6.56. The van der Waals surface area contributed by atoms with Gasteiger partial charge in [0, 0.05) is 49.7 Å². The Hall–Kier alpha value is -2.11. The number of amides is 1. The van der Waals surface area contributed by atoms with Crippen molar-refractivity contribution in [3.63, 3.8) is 0 Å². The smallest absolute Gasteiger partial charge is 0.226 e. The van der Waals surface area contributed by atoms with Gasteiger partial charge in [-0.15, -0.1) is 0 Å². The van der Waals surface area contributed by atoms with E-state index in [1.165, 1.54) is 12.1 Å². The number of rotatable bonds is 3. The first-order valence-electron chi connectivity index (χ1n) is 9.55. The zero-order valence-corrected chi connectivity index (χ0v) is 14.8. The van der Waals surface area contributed by atoms with Crippen LogP contribution in [0.2, 0.25) is 0 Å². The minimum atomic E-state index is -1.05. The molecule has 1 aromatic rings. The summed E-state index contributed by atoms with van der Waals surface area (Å²) >= 11 is 0. The summed E-state index contributed by atoms with van der Waals surface area (Å²) < 4.78 is 13.1. The maximum absolute atomic E-state index is 13.1. The molecule has 1 aromatic carbocycles. The van der Waals surface area contributed by atoms with Crippen molar-refractivity contribution < 1.29 is 19.1 Å². The summed E-state index contributed by atoms with van der Waals surface area (Å²) in [6.07, 6.45) is 3.73. The van der Waals surface area contributed by atoms with Crippen LogP contribution in [0.25, 0.3) is 0 Å². The number of nitrogens with zero attached hydrogens (tertiary/aromatic N) is 2. The molecule has 0 aromatic heterocycles. The predicted octanol–water partition coefficient (Wildman–Crippen LogP) is 1.28. The maximum atomic E-state index is 13.1. The number of hydrogen-bond donors (Lipinski definition) is 0. The van der Waals surface area contributed by atoms with E-state index >= 15 is 0 Å². The molecule has 140 valence electrons. The molecule has 0 N–H and O–H groups in total. The Morgan fingerprint density at radius 1 is 0.885 bits per heavy atom. The fraction of sp³-hybridized carbons (Fsp3) is 0.600. The normalized spacial score (nSPS) is 31.1. The zero-order chi connectivity index (χ0) is 18.3. The van der Waals surface area contributed by atoms with Crippen LogP contribution in [0.3, 0.4) is 0 Å².